The van der Waals surface area contributed by atoms with Gasteiger partial charge >= 0.3 is 0 Å². The number of hydrogen-bond acceptors (Lipinski definition) is 4. The van der Waals surface area contributed by atoms with Crippen LogP contribution in [-0.2, 0) is 4.79 Å². The Morgan fingerprint density at radius 3 is 3.05 bits per heavy atom. The third-order valence-electron chi connectivity index (χ3n) is 3.28. The molecule has 2 atom stereocenters. The molecular formula is C14H15N3O2. The number of amides is 1. The van der Waals surface area contributed by atoms with Crippen LogP contribution in [0.5, 0.6) is 0 Å². The molecule has 98 valence electrons. The second kappa shape index (κ2) is 4.95. The molecule has 1 saturated heterocycles. The van der Waals surface area contributed by atoms with E-state index in [-0.39, 0.29) is 11.9 Å². The molecule has 1 aromatic heterocycles. The molecule has 0 radical (unpaired) electrons. The van der Waals surface area contributed by atoms with Crippen LogP contribution in [0.4, 0.5) is 5.69 Å². The van der Waals surface area contributed by atoms with Crippen molar-refractivity contribution in [2.45, 2.75) is 18.6 Å². The first-order valence-electron chi connectivity index (χ1n) is 6.29. The molecule has 5 nitrogen and oxygen atoms in total. The molecule has 0 aliphatic carbocycles. The number of carbonyl (C=O) groups is 1. The molecule has 5 heteroatoms. The fourth-order valence-electron chi connectivity index (χ4n) is 2.29. The van der Waals surface area contributed by atoms with Gasteiger partial charge in [0.2, 0.25) is 5.91 Å². The average molecular weight is 257 g/mol. The van der Waals surface area contributed by atoms with Crippen LogP contribution < -0.4 is 10.6 Å². The van der Waals surface area contributed by atoms with Gasteiger partial charge in [0.25, 0.3) is 0 Å². The maximum absolute atomic E-state index is 12.0. The van der Waals surface area contributed by atoms with Gasteiger partial charge in [-0.25, -0.2) is 0 Å². The predicted octanol–water partition coefficient (Wildman–Crippen LogP) is 0.896. The Bertz CT molecular complexity index is 614. The number of fused-ring (bicyclic) bond motifs is 1. The van der Waals surface area contributed by atoms with Crippen LogP contribution in [0, 0.1) is 0 Å². The van der Waals surface area contributed by atoms with Gasteiger partial charge < -0.3 is 15.7 Å². The van der Waals surface area contributed by atoms with Crippen molar-refractivity contribution in [2.75, 3.05) is 11.9 Å². The summed E-state index contributed by atoms with van der Waals surface area (Å²) in [4.78, 5) is 16.3. The lowest BCUT2D eigenvalue weighted by Crippen LogP contribution is -2.35. The van der Waals surface area contributed by atoms with E-state index >= 15 is 0 Å². The smallest absolute Gasteiger partial charge is 0.241 e. The number of aromatic nitrogens is 1. The first-order valence-corrected chi connectivity index (χ1v) is 6.29. The molecule has 1 fully saturated rings. The third kappa shape index (κ3) is 2.57. The number of β-amino-alcohol motifs (C(OH)–C–C–N with tert-alkyl or cyclic N) is 1. The standard InChI is InChI=1S/C14H15N3O2/c18-11-6-13(16-8-11)14(19)17-10-5-9-3-1-2-4-12(9)15-7-10/h1-5,7,11,13,16,18H,6,8H2,(H,17,19)/t11-,13-/m1/s1. The first-order chi connectivity index (χ1) is 9.22. The molecule has 3 rings (SSSR count). The van der Waals surface area contributed by atoms with Gasteiger partial charge in [0.05, 0.1) is 29.5 Å². The van der Waals surface area contributed by atoms with Crippen molar-refractivity contribution in [3.8, 4) is 0 Å². The van der Waals surface area contributed by atoms with Gasteiger partial charge in [-0.15, -0.1) is 0 Å². The zero-order chi connectivity index (χ0) is 13.2. The Kier molecular flexibility index (Phi) is 3.15. The van der Waals surface area contributed by atoms with Crippen molar-refractivity contribution >= 4 is 22.5 Å². The molecule has 2 aromatic rings. The second-order valence-electron chi connectivity index (χ2n) is 4.76. The number of aliphatic hydroxyl groups excluding tert-OH is 1. The van der Waals surface area contributed by atoms with E-state index in [1.807, 2.05) is 30.3 Å². The van der Waals surface area contributed by atoms with Gasteiger partial charge in [0, 0.05) is 11.9 Å². The summed E-state index contributed by atoms with van der Waals surface area (Å²) >= 11 is 0. The lowest BCUT2D eigenvalue weighted by atomic mass is 10.2. The van der Waals surface area contributed by atoms with Gasteiger partial charge in [-0.05, 0) is 18.6 Å². The van der Waals surface area contributed by atoms with Crippen LogP contribution >= 0.6 is 0 Å². The Hall–Kier alpha value is -1.98. The molecule has 0 unspecified atom stereocenters. The van der Waals surface area contributed by atoms with E-state index in [2.05, 4.69) is 15.6 Å². The van der Waals surface area contributed by atoms with E-state index in [1.54, 1.807) is 6.20 Å². The van der Waals surface area contributed by atoms with Gasteiger partial charge in [-0.2, -0.15) is 0 Å². The predicted molar refractivity (Wildman–Crippen MR) is 72.8 cm³/mol. The quantitative estimate of drug-likeness (QED) is 0.747. The largest absolute Gasteiger partial charge is 0.392 e. The number of rotatable bonds is 2. The lowest BCUT2D eigenvalue weighted by Gasteiger charge is -2.11. The van der Waals surface area contributed by atoms with Gasteiger partial charge in [-0.3, -0.25) is 9.78 Å². The Morgan fingerprint density at radius 1 is 1.42 bits per heavy atom. The van der Waals surface area contributed by atoms with Crippen LogP contribution in [0.2, 0.25) is 0 Å². The minimum atomic E-state index is -0.439. The summed E-state index contributed by atoms with van der Waals surface area (Å²) in [5.74, 6) is -0.131. The van der Waals surface area contributed by atoms with E-state index in [4.69, 9.17) is 0 Å². The summed E-state index contributed by atoms with van der Waals surface area (Å²) < 4.78 is 0. The molecule has 1 aromatic carbocycles. The summed E-state index contributed by atoms with van der Waals surface area (Å²) in [6, 6.07) is 9.31. The van der Waals surface area contributed by atoms with E-state index in [1.165, 1.54) is 0 Å². The summed E-state index contributed by atoms with van der Waals surface area (Å²) in [6.07, 6.45) is 1.66. The highest BCUT2D eigenvalue weighted by molar-refractivity contribution is 5.96. The van der Waals surface area contributed by atoms with Crippen molar-refractivity contribution in [3.63, 3.8) is 0 Å². The number of nitrogens with one attached hydrogen (secondary N) is 2. The summed E-state index contributed by atoms with van der Waals surface area (Å²) in [6.45, 7) is 0.466. The van der Waals surface area contributed by atoms with Crippen molar-refractivity contribution in [1.29, 1.82) is 0 Å². The molecular weight excluding hydrogens is 242 g/mol. The fourth-order valence-corrected chi connectivity index (χ4v) is 2.29. The third-order valence-corrected chi connectivity index (χ3v) is 3.28. The van der Waals surface area contributed by atoms with Crippen molar-refractivity contribution in [3.05, 3.63) is 36.5 Å². The Balaban J connectivity index is 1.76. The van der Waals surface area contributed by atoms with Crippen molar-refractivity contribution < 1.29 is 9.90 Å². The van der Waals surface area contributed by atoms with Gasteiger partial charge in [0.1, 0.15) is 0 Å². The number of carbonyl (C=O) groups excluding carboxylic acids is 1. The summed E-state index contributed by atoms with van der Waals surface area (Å²) in [5.41, 5.74) is 1.57. The lowest BCUT2D eigenvalue weighted by molar-refractivity contribution is -0.117. The van der Waals surface area contributed by atoms with Crippen LogP contribution in [0.25, 0.3) is 10.9 Å². The SMILES string of the molecule is O=C(Nc1cnc2ccccc2c1)[C@H]1C[C@@H](O)CN1. The van der Waals surface area contributed by atoms with Crippen LogP contribution in [0.3, 0.4) is 0 Å². The van der Waals surface area contributed by atoms with E-state index < -0.39 is 6.10 Å². The highest BCUT2D eigenvalue weighted by Crippen LogP contribution is 2.17. The Morgan fingerprint density at radius 2 is 2.26 bits per heavy atom. The van der Waals surface area contributed by atoms with E-state index in [0.29, 0.717) is 18.7 Å². The number of anilines is 1. The minimum Gasteiger partial charge on any atom is -0.392 e. The number of nitrogens with zero attached hydrogens (tertiary/aromatic N) is 1. The zero-order valence-corrected chi connectivity index (χ0v) is 10.3. The molecule has 1 aliphatic rings. The maximum atomic E-state index is 12.0. The van der Waals surface area contributed by atoms with Crippen molar-refractivity contribution in [1.82, 2.24) is 10.3 Å². The van der Waals surface area contributed by atoms with Crippen molar-refractivity contribution in [2.24, 2.45) is 0 Å². The number of pyridine rings is 1. The molecule has 1 aliphatic heterocycles. The molecule has 0 bridgehead atoms. The topological polar surface area (TPSA) is 74.2 Å². The molecule has 2 heterocycles. The molecule has 0 spiro atoms. The first kappa shape index (κ1) is 12.1. The average Bonchev–Trinajstić information content (AvgIpc) is 2.85. The molecule has 3 N–H and O–H groups in total. The maximum Gasteiger partial charge on any atom is 0.241 e. The van der Waals surface area contributed by atoms with Crippen LogP contribution in [-0.4, -0.2) is 34.7 Å². The van der Waals surface area contributed by atoms with Gasteiger partial charge in [-0.1, -0.05) is 18.2 Å². The van der Waals surface area contributed by atoms with Crippen LogP contribution in [0.1, 0.15) is 6.42 Å². The Labute approximate surface area is 110 Å². The van der Waals surface area contributed by atoms with Gasteiger partial charge in [0.15, 0.2) is 0 Å². The summed E-state index contributed by atoms with van der Waals surface area (Å²) in [7, 11) is 0. The number of aliphatic hydroxyl groups is 1. The van der Waals surface area contributed by atoms with Crippen LogP contribution in [0.15, 0.2) is 36.5 Å². The zero-order valence-electron chi connectivity index (χ0n) is 10.3. The monoisotopic (exact) mass is 257 g/mol. The summed E-state index contributed by atoms with van der Waals surface area (Å²) in [5, 5.41) is 16.2. The normalized spacial score (nSPS) is 22.6. The molecule has 0 saturated carbocycles. The highest BCUT2D eigenvalue weighted by Gasteiger charge is 2.27. The number of para-hydroxylation sites is 1. The second-order valence-corrected chi connectivity index (χ2v) is 4.76. The molecule has 19 heavy (non-hydrogen) atoms. The van der Waals surface area contributed by atoms with E-state index in [9.17, 15) is 9.90 Å². The van der Waals surface area contributed by atoms with E-state index in [0.717, 1.165) is 10.9 Å². The number of benzene rings is 1. The fraction of sp³-hybridized carbons (Fsp3) is 0.286. The minimum absolute atomic E-state index is 0.131. The molecule has 1 amide bonds. The number of hydrogen-bond donors (Lipinski definition) is 3. The highest BCUT2D eigenvalue weighted by atomic mass is 16.3.